The Hall–Kier alpha value is -2.70. The summed E-state index contributed by atoms with van der Waals surface area (Å²) in [4.78, 5) is 25.2. The van der Waals surface area contributed by atoms with Crippen LogP contribution in [0.3, 0.4) is 0 Å². The van der Waals surface area contributed by atoms with Crippen molar-refractivity contribution in [3.8, 4) is 11.5 Å². The fourth-order valence-corrected chi connectivity index (χ4v) is 3.96. The molecule has 2 amide bonds. The first-order valence-corrected chi connectivity index (χ1v) is 9.64. The van der Waals surface area contributed by atoms with E-state index in [4.69, 9.17) is 14.2 Å². The van der Waals surface area contributed by atoms with Crippen LogP contribution < -0.4 is 20.1 Å². The van der Waals surface area contributed by atoms with Gasteiger partial charge in [0.05, 0.1) is 25.8 Å². The van der Waals surface area contributed by atoms with Gasteiger partial charge in [-0.2, -0.15) is 0 Å². The monoisotopic (exact) mass is 388 g/mol. The molecule has 1 saturated carbocycles. The van der Waals surface area contributed by atoms with Gasteiger partial charge in [0.2, 0.25) is 0 Å². The molecule has 3 rings (SSSR count). The van der Waals surface area contributed by atoms with Crippen molar-refractivity contribution in [3.05, 3.63) is 35.0 Å². The first-order valence-electron chi connectivity index (χ1n) is 9.64. The normalized spacial score (nSPS) is 24.9. The number of urea groups is 1. The zero-order valence-electron chi connectivity index (χ0n) is 16.8. The quantitative estimate of drug-likeness (QED) is 0.755. The highest BCUT2D eigenvalue weighted by atomic mass is 16.5. The molecule has 7 heteroatoms. The first-order chi connectivity index (χ1) is 13.4. The third kappa shape index (κ3) is 4.24. The maximum absolute atomic E-state index is 13.1. The van der Waals surface area contributed by atoms with Gasteiger partial charge in [0.25, 0.3) is 0 Å². The summed E-state index contributed by atoms with van der Waals surface area (Å²) in [6, 6.07) is 4.22. The van der Waals surface area contributed by atoms with E-state index in [1.807, 2.05) is 0 Å². The van der Waals surface area contributed by atoms with E-state index in [0.717, 1.165) is 25.7 Å². The van der Waals surface area contributed by atoms with Crippen LogP contribution in [0.2, 0.25) is 0 Å². The molecular weight excluding hydrogens is 360 g/mol. The zero-order valence-corrected chi connectivity index (χ0v) is 16.8. The van der Waals surface area contributed by atoms with Gasteiger partial charge in [-0.05, 0) is 50.3 Å². The number of hydrogen-bond acceptors (Lipinski definition) is 5. The number of benzene rings is 1. The molecule has 0 aromatic heterocycles. The van der Waals surface area contributed by atoms with Crippen LogP contribution in [-0.4, -0.2) is 32.3 Å². The number of rotatable bonds is 5. The molecule has 2 aliphatic rings. The van der Waals surface area contributed by atoms with Gasteiger partial charge in [-0.1, -0.05) is 13.3 Å². The molecule has 0 bridgehead atoms. The number of allylic oxidation sites excluding steroid dienone is 1. The van der Waals surface area contributed by atoms with Crippen molar-refractivity contribution in [2.24, 2.45) is 5.92 Å². The van der Waals surface area contributed by atoms with Gasteiger partial charge in [-0.25, -0.2) is 9.59 Å². The largest absolute Gasteiger partial charge is 0.497 e. The molecule has 7 nitrogen and oxygen atoms in total. The molecule has 152 valence electrons. The number of esters is 1. The fourth-order valence-electron chi connectivity index (χ4n) is 3.96. The van der Waals surface area contributed by atoms with Crippen molar-refractivity contribution in [2.75, 3.05) is 14.2 Å². The van der Waals surface area contributed by atoms with Gasteiger partial charge in [-0.3, -0.25) is 0 Å². The molecule has 3 atom stereocenters. The summed E-state index contributed by atoms with van der Waals surface area (Å²) >= 11 is 0. The minimum atomic E-state index is -0.688. The Bertz CT molecular complexity index is 789. The number of amides is 2. The zero-order chi connectivity index (χ0) is 20.3. The number of ether oxygens (including phenoxy) is 3. The Morgan fingerprint density at radius 3 is 2.64 bits per heavy atom. The van der Waals surface area contributed by atoms with Crippen molar-refractivity contribution >= 4 is 12.0 Å². The van der Waals surface area contributed by atoms with Gasteiger partial charge in [0, 0.05) is 11.3 Å². The maximum Gasteiger partial charge on any atom is 0.338 e. The SMILES string of the molecule is COc1ccc(OC)c([C@H]2NC(=O)NC(C)=C2C(=O)O[C@H]2CCC[C@H](C)C2)c1. The standard InChI is InChI=1S/C21H28N2O5/c1-12-6-5-7-15(10-12)28-20(24)18-13(2)22-21(25)23-19(18)16-11-14(26-3)8-9-17(16)27-4/h8-9,11-12,15,19H,5-7,10H2,1-4H3,(H2,22,23,25)/t12-,15-,19+/m0/s1. The Labute approximate surface area is 165 Å². The van der Waals surface area contributed by atoms with E-state index in [2.05, 4.69) is 17.6 Å². The van der Waals surface area contributed by atoms with Crippen LogP contribution in [0.4, 0.5) is 4.79 Å². The van der Waals surface area contributed by atoms with E-state index in [1.165, 1.54) is 0 Å². The number of carbonyl (C=O) groups is 2. The molecule has 0 unspecified atom stereocenters. The van der Waals surface area contributed by atoms with Crippen molar-refractivity contribution < 1.29 is 23.8 Å². The lowest BCUT2D eigenvalue weighted by Gasteiger charge is -2.31. The molecule has 0 spiro atoms. The minimum Gasteiger partial charge on any atom is -0.497 e. The fraction of sp³-hybridized carbons (Fsp3) is 0.524. The molecule has 1 aliphatic carbocycles. The van der Waals surface area contributed by atoms with Gasteiger partial charge in [0.15, 0.2) is 0 Å². The second-order valence-electron chi connectivity index (χ2n) is 7.48. The van der Waals surface area contributed by atoms with Crippen molar-refractivity contribution in [3.63, 3.8) is 0 Å². The van der Waals surface area contributed by atoms with Crippen LogP contribution in [0.25, 0.3) is 0 Å². The van der Waals surface area contributed by atoms with Crippen LogP contribution in [-0.2, 0) is 9.53 Å². The lowest BCUT2D eigenvalue weighted by molar-refractivity contribution is -0.146. The molecule has 1 aromatic carbocycles. The third-order valence-corrected chi connectivity index (χ3v) is 5.40. The number of hydrogen-bond donors (Lipinski definition) is 2. The molecule has 2 N–H and O–H groups in total. The molecule has 1 heterocycles. The van der Waals surface area contributed by atoms with Crippen molar-refractivity contribution in [1.29, 1.82) is 0 Å². The van der Waals surface area contributed by atoms with Crippen LogP contribution in [0, 0.1) is 5.92 Å². The second-order valence-corrected chi connectivity index (χ2v) is 7.48. The van der Waals surface area contributed by atoms with E-state index >= 15 is 0 Å². The summed E-state index contributed by atoms with van der Waals surface area (Å²) in [5.74, 6) is 1.28. The smallest absolute Gasteiger partial charge is 0.338 e. The highest BCUT2D eigenvalue weighted by Crippen LogP contribution is 2.36. The van der Waals surface area contributed by atoms with Gasteiger partial charge in [-0.15, -0.1) is 0 Å². The molecule has 1 aliphatic heterocycles. The van der Waals surface area contributed by atoms with E-state index in [-0.39, 0.29) is 12.1 Å². The average molecular weight is 388 g/mol. The van der Waals surface area contributed by atoms with E-state index in [9.17, 15) is 9.59 Å². The van der Waals surface area contributed by atoms with Crippen LogP contribution >= 0.6 is 0 Å². The molecule has 1 aromatic rings. The van der Waals surface area contributed by atoms with E-state index in [0.29, 0.717) is 34.3 Å². The summed E-state index contributed by atoms with van der Waals surface area (Å²) in [7, 11) is 3.11. The third-order valence-electron chi connectivity index (χ3n) is 5.40. The van der Waals surface area contributed by atoms with Gasteiger partial charge >= 0.3 is 12.0 Å². The summed E-state index contributed by atoms with van der Waals surface area (Å²) in [6.45, 7) is 3.88. The molecule has 1 fully saturated rings. The van der Waals surface area contributed by atoms with Crippen LogP contribution in [0.5, 0.6) is 11.5 Å². The molecule has 0 radical (unpaired) electrons. The highest BCUT2D eigenvalue weighted by Gasteiger charge is 2.35. The summed E-state index contributed by atoms with van der Waals surface area (Å²) in [6.07, 6.45) is 3.86. The maximum atomic E-state index is 13.1. The topological polar surface area (TPSA) is 85.9 Å². The van der Waals surface area contributed by atoms with Gasteiger partial charge < -0.3 is 24.8 Å². The Morgan fingerprint density at radius 2 is 1.96 bits per heavy atom. The Balaban J connectivity index is 1.94. The molecular formula is C21H28N2O5. The number of carbonyl (C=O) groups excluding carboxylic acids is 2. The highest BCUT2D eigenvalue weighted by molar-refractivity contribution is 5.95. The number of methoxy groups -OCH3 is 2. The Kier molecular flexibility index (Phi) is 6.11. The summed E-state index contributed by atoms with van der Waals surface area (Å²) in [5, 5.41) is 5.50. The lowest BCUT2D eigenvalue weighted by atomic mass is 9.88. The van der Waals surface area contributed by atoms with Gasteiger partial charge in [0.1, 0.15) is 17.6 Å². The molecule has 28 heavy (non-hydrogen) atoms. The second kappa shape index (κ2) is 8.54. The predicted molar refractivity (Wildman–Crippen MR) is 104 cm³/mol. The molecule has 0 saturated heterocycles. The summed E-state index contributed by atoms with van der Waals surface area (Å²) < 4.78 is 16.6. The van der Waals surface area contributed by atoms with E-state index in [1.54, 1.807) is 39.3 Å². The Morgan fingerprint density at radius 1 is 1.18 bits per heavy atom. The first kappa shape index (κ1) is 20.0. The van der Waals surface area contributed by atoms with Crippen LogP contribution in [0.1, 0.15) is 51.1 Å². The predicted octanol–water partition coefficient (Wildman–Crippen LogP) is 3.45. The summed E-state index contributed by atoms with van der Waals surface area (Å²) in [5.41, 5.74) is 1.50. The number of nitrogens with one attached hydrogen (secondary N) is 2. The average Bonchev–Trinajstić information content (AvgIpc) is 2.66. The minimum absolute atomic E-state index is 0.0953. The van der Waals surface area contributed by atoms with E-state index < -0.39 is 12.0 Å². The van der Waals surface area contributed by atoms with Crippen molar-refractivity contribution in [1.82, 2.24) is 10.6 Å². The van der Waals surface area contributed by atoms with Crippen molar-refractivity contribution in [2.45, 2.75) is 51.7 Å². The van der Waals surface area contributed by atoms with Crippen LogP contribution in [0.15, 0.2) is 29.5 Å². The lowest BCUT2D eigenvalue weighted by Crippen LogP contribution is -2.45.